The van der Waals surface area contributed by atoms with E-state index >= 15 is 0 Å². The molecule has 2 N–H and O–H groups in total. The molecule has 1 aliphatic rings. The summed E-state index contributed by atoms with van der Waals surface area (Å²) in [6.45, 7) is 0.558. The van der Waals surface area contributed by atoms with Crippen LogP contribution >= 0.6 is 0 Å². The lowest BCUT2D eigenvalue weighted by Gasteiger charge is -2.43. The Kier molecular flexibility index (Phi) is 6.99. The van der Waals surface area contributed by atoms with Crippen molar-refractivity contribution in [1.82, 2.24) is 9.44 Å². The highest BCUT2D eigenvalue weighted by atomic mass is 32.2. The predicted molar refractivity (Wildman–Crippen MR) is 79.3 cm³/mol. The van der Waals surface area contributed by atoms with Crippen molar-refractivity contribution in [2.75, 3.05) is 26.3 Å². The van der Waals surface area contributed by atoms with Crippen molar-refractivity contribution in [2.45, 2.75) is 43.2 Å². The van der Waals surface area contributed by atoms with Crippen molar-refractivity contribution in [2.24, 2.45) is 0 Å². The van der Waals surface area contributed by atoms with E-state index in [0.717, 1.165) is 13.3 Å². The average Bonchev–Trinajstić information content (AvgIpc) is 2.43. The summed E-state index contributed by atoms with van der Waals surface area (Å²) in [5, 5.41) is 0. The summed E-state index contributed by atoms with van der Waals surface area (Å²) in [6.07, 6.45) is 1.77. The Labute approximate surface area is 147 Å². The number of likely N-dealkylation sites (tertiary alicyclic amines) is 1. The Balaban J connectivity index is 2.90. The standard InChI is InChI=1S/C11H20F6N3O4S2/c1-9(19-26(23,24)11(15,16)17)7-20(5-3-2-4-6-20)8-18-25(21,22)10(12,13)14/h9,18-19H,2-8H2,1H3/q+1. The van der Waals surface area contributed by atoms with Crippen LogP contribution in [0, 0.1) is 0 Å². The maximum atomic E-state index is 12.5. The third-order valence-electron chi connectivity index (χ3n) is 3.98. The van der Waals surface area contributed by atoms with Gasteiger partial charge in [0.25, 0.3) is 0 Å². The van der Waals surface area contributed by atoms with Gasteiger partial charge < -0.3 is 4.48 Å². The largest absolute Gasteiger partial charge is 0.511 e. The minimum atomic E-state index is -5.62. The molecule has 1 atom stereocenters. The maximum Gasteiger partial charge on any atom is 0.511 e. The number of quaternary nitrogens is 1. The van der Waals surface area contributed by atoms with Crippen LogP contribution in [-0.4, -0.2) is 64.7 Å². The minimum Gasteiger partial charge on any atom is -0.309 e. The molecule has 0 bridgehead atoms. The lowest BCUT2D eigenvalue weighted by molar-refractivity contribution is -0.934. The second-order valence-corrected chi connectivity index (χ2v) is 9.72. The molecule has 0 aromatic heterocycles. The molecule has 0 saturated carbocycles. The van der Waals surface area contributed by atoms with Crippen LogP contribution < -0.4 is 9.44 Å². The SMILES string of the molecule is CC(C[N+]1(CNS(=O)(=O)C(F)(F)F)CCCCC1)NS(=O)(=O)C(F)(F)F. The van der Waals surface area contributed by atoms with Crippen LogP contribution in [0.3, 0.4) is 0 Å². The van der Waals surface area contributed by atoms with Gasteiger partial charge in [-0.25, -0.2) is 16.8 Å². The van der Waals surface area contributed by atoms with E-state index in [2.05, 4.69) is 0 Å². The Bertz CT molecular complexity index is 684. The van der Waals surface area contributed by atoms with Gasteiger partial charge in [0, 0.05) is 0 Å². The normalized spacial score (nSPS) is 20.7. The number of nitrogens with zero attached hydrogens (tertiary/aromatic N) is 1. The van der Waals surface area contributed by atoms with E-state index in [9.17, 15) is 43.2 Å². The maximum absolute atomic E-state index is 12.5. The van der Waals surface area contributed by atoms with Gasteiger partial charge in [-0.05, 0) is 26.2 Å². The van der Waals surface area contributed by atoms with Crippen molar-refractivity contribution in [3.63, 3.8) is 0 Å². The quantitative estimate of drug-likeness (QED) is 0.464. The van der Waals surface area contributed by atoms with Crippen molar-refractivity contribution in [1.29, 1.82) is 0 Å². The zero-order chi connectivity index (χ0) is 20.4. The van der Waals surface area contributed by atoms with Gasteiger partial charge in [0.1, 0.15) is 6.67 Å². The molecule has 1 unspecified atom stereocenters. The lowest BCUT2D eigenvalue weighted by atomic mass is 10.1. The first-order valence-corrected chi connectivity index (χ1v) is 10.5. The van der Waals surface area contributed by atoms with Crippen molar-refractivity contribution in [3.05, 3.63) is 0 Å². The molecule has 7 nitrogen and oxygen atoms in total. The van der Waals surface area contributed by atoms with Gasteiger partial charge in [-0.2, -0.15) is 35.8 Å². The van der Waals surface area contributed by atoms with E-state index in [1.807, 2.05) is 0 Å². The van der Waals surface area contributed by atoms with Crippen LogP contribution in [0.4, 0.5) is 26.3 Å². The number of rotatable bonds is 7. The highest BCUT2D eigenvalue weighted by Gasteiger charge is 2.49. The molecule has 15 heteroatoms. The molecule has 1 aliphatic heterocycles. The summed E-state index contributed by atoms with van der Waals surface area (Å²) in [5.74, 6) is 0. The number of nitrogens with one attached hydrogen (secondary N) is 2. The number of hydrogen-bond acceptors (Lipinski definition) is 4. The number of hydrogen-bond donors (Lipinski definition) is 2. The molecule has 1 fully saturated rings. The van der Waals surface area contributed by atoms with Crippen molar-refractivity contribution >= 4 is 20.0 Å². The highest BCUT2D eigenvalue weighted by Crippen LogP contribution is 2.25. The van der Waals surface area contributed by atoms with Crippen LogP contribution in [0.15, 0.2) is 0 Å². The summed E-state index contributed by atoms with van der Waals surface area (Å²) in [4.78, 5) is 0. The van der Waals surface area contributed by atoms with Crippen LogP contribution in [-0.2, 0) is 20.0 Å². The van der Waals surface area contributed by atoms with Gasteiger partial charge in [0.15, 0.2) is 0 Å². The molecule has 0 amide bonds. The first kappa shape index (κ1) is 23.4. The first-order chi connectivity index (χ1) is 11.5. The summed E-state index contributed by atoms with van der Waals surface area (Å²) < 4.78 is 122. The molecule has 0 aromatic rings. The summed E-state index contributed by atoms with van der Waals surface area (Å²) >= 11 is 0. The molecule has 0 spiro atoms. The number of alkyl halides is 6. The predicted octanol–water partition coefficient (Wildman–Crippen LogP) is 1.21. The minimum absolute atomic E-state index is 0.207. The van der Waals surface area contributed by atoms with Crippen LogP contribution in [0.25, 0.3) is 0 Å². The Morgan fingerprint density at radius 1 is 0.885 bits per heavy atom. The van der Waals surface area contributed by atoms with Crippen LogP contribution in [0.2, 0.25) is 0 Å². The van der Waals surface area contributed by atoms with E-state index < -0.39 is 43.8 Å². The fourth-order valence-corrected chi connectivity index (χ4v) is 4.19. The molecule has 26 heavy (non-hydrogen) atoms. The highest BCUT2D eigenvalue weighted by molar-refractivity contribution is 7.90. The van der Waals surface area contributed by atoms with E-state index in [0.29, 0.717) is 12.8 Å². The molecular weight excluding hydrogens is 416 g/mol. The molecule has 0 aliphatic carbocycles. The van der Waals surface area contributed by atoms with E-state index in [1.165, 1.54) is 9.44 Å². The van der Waals surface area contributed by atoms with Gasteiger partial charge in [-0.1, -0.05) is 0 Å². The summed E-state index contributed by atoms with van der Waals surface area (Å²) in [5.41, 5.74) is -11.0. The van der Waals surface area contributed by atoms with Gasteiger partial charge in [0.05, 0.1) is 25.7 Å². The zero-order valence-corrected chi connectivity index (χ0v) is 15.3. The Hall–Kier alpha value is -0.640. The smallest absolute Gasteiger partial charge is 0.309 e. The van der Waals surface area contributed by atoms with Crippen LogP contribution in [0.1, 0.15) is 26.2 Å². The fraction of sp³-hybridized carbons (Fsp3) is 1.00. The molecule has 1 rings (SSSR count). The molecule has 0 radical (unpaired) electrons. The lowest BCUT2D eigenvalue weighted by Crippen LogP contribution is -2.62. The first-order valence-electron chi connectivity index (χ1n) is 7.51. The second-order valence-electron chi connectivity index (χ2n) is 6.25. The number of piperidine rings is 1. The second kappa shape index (κ2) is 7.77. The Morgan fingerprint density at radius 2 is 1.35 bits per heavy atom. The Morgan fingerprint density at radius 3 is 1.77 bits per heavy atom. The third-order valence-corrected chi connectivity index (χ3v) is 6.42. The monoisotopic (exact) mass is 436 g/mol. The van der Waals surface area contributed by atoms with E-state index in [1.54, 1.807) is 0 Å². The average molecular weight is 436 g/mol. The van der Waals surface area contributed by atoms with Crippen molar-refractivity contribution in [3.8, 4) is 0 Å². The molecule has 0 aromatic carbocycles. The van der Waals surface area contributed by atoms with Gasteiger partial charge in [0.2, 0.25) is 0 Å². The fourth-order valence-electron chi connectivity index (χ4n) is 2.84. The summed E-state index contributed by atoms with van der Waals surface area (Å²) in [6, 6.07) is -1.27. The molecule has 1 saturated heterocycles. The van der Waals surface area contributed by atoms with Gasteiger partial charge in [-0.3, -0.25) is 0 Å². The van der Waals surface area contributed by atoms with E-state index in [4.69, 9.17) is 0 Å². The van der Waals surface area contributed by atoms with Crippen molar-refractivity contribution < 1.29 is 47.7 Å². The molecule has 156 valence electrons. The number of halogens is 6. The third kappa shape index (κ3) is 5.94. The summed E-state index contributed by atoms with van der Waals surface area (Å²) in [7, 11) is -11.2. The topological polar surface area (TPSA) is 92.3 Å². The van der Waals surface area contributed by atoms with Gasteiger partial charge >= 0.3 is 31.1 Å². The van der Waals surface area contributed by atoms with E-state index in [-0.39, 0.29) is 24.1 Å². The molecule has 1 heterocycles. The van der Waals surface area contributed by atoms with Gasteiger partial charge in [-0.15, -0.1) is 0 Å². The molecular formula is C11H20F6N3O4S2+. The van der Waals surface area contributed by atoms with Crippen LogP contribution in [0.5, 0.6) is 0 Å². The number of sulfonamides is 2. The zero-order valence-electron chi connectivity index (χ0n) is 13.7.